The summed E-state index contributed by atoms with van der Waals surface area (Å²) in [6.07, 6.45) is 1.47. The van der Waals surface area contributed by atoms with E-state index >= 15 is 0 Å². The number of hydrogen-bond donors (Lipinski definition) is 1. The lowest BCUT2D eigenvalue weighted by Gasteiger charge is -2.24. The zero-order valence-electron chi connectivity index (χ0n) is 17.7. The minimum Gasteiger partial charge on any atom is -0.497 e. The van der Waals surface area contributed by atoms with Crippen LogP contribution in [0.4, 0.5) is 10.1 Å². The van der Waals surface area contributed by atoms with Crippen molar-refractivity contribution < 1.29 is 22.3 Å². The van der Waals surface area contributed by atoms with E-state index in [0.29, 0.717) is 18.7 Å². The van der Waals surface area contributed by atoms with Crippen molar-refractivity contribution >= 4 is 21.6 Å². The van der Waals surface area contributed by atoms with Crippen LogP contribution in [0.15, 0.2) is 83.8 Å². The topological polar surface area (TPSA) is 75.7 Å². The SMILES string of the molecule is COc1ccc(CCCNC(=O)CN(c2ccccc2)S(=O)(=O)c2ccc(F)cc2)cc1. The van der Waals surface area contributed by atoms with Crippen LogP contribution in [0, 0.1) is 5.82 Å². The molecule has 1 N–H and O–H groups in total. The van der Waals surface area contributed by atoms with Gasteiger partial charge in [-0.05, 0) is 66.9 Å². The Morgan fingerprint density at radius 1 is 0.969 bits per heavy atom. The molecule has 0 spiro atoms. The molecule has 0 radical (unpaired) electrons. The Bertz CT molecular complexity index is 1120. The summed E-state index contributed by atoms with van der Waals surface area (Å²) in [6, 6.07) is 20.6. The lowest BCUT2D eigenvalue weighted by atomic mass is 10.1. The van der Waals surface area contributed by atoms with Crippen LogP contribution in [-0.4, -0.2) is 34.5 Å². The minimum absolute atomic E-state index is 0.0879. The van der Waals surface area contributed by atoms with Crippen LogP contribution in [-0.2, 0) is 21.2 Å². The molecular weight excluding hydrogens is 431 g/mol. The third-order valence-electron chi connectivity index (χ3n) is 4.86. The highest BCUT2D eigenvalue weighted by molar-refractivity contribution is 7.92. The van der Waals surface area contributed by atoms with Crippen LogP contribution in [0.1, 0.15) is 12.0 Å². The van der Waals surface area contributed by atoms with Crippen molar-refractivity contribution in [3.05, 3.63) is 90.2 Å². The third-order valence-corrected chi connectivity index (χ3v) is 6.64. The van der Waals surface area contributed by atoms with E-state index in [4.69, 9.17) is 4.74 Å². The average Bonchev–Trinajstić information content (AvgIpc) is 2.81. The number of carbonyl (C=O) groups excluding carboxylic acids is 1. The first-order valence-electron chi connectivity index (χ1n) is 10.1. The van der Waals surface area contributed by atoms with Gasteiger partial charge < -0.3 is 10.1 Å². The van der Waals surface area contributed by atoms with Crippen molar-refractivity contribution in [2.45, 2.75) is 17.7 Å². The van der Waals surface area contributed by atoms with E-state index in [1.165, 1.54) is 12.1 Å². The van der Waals surface area contributed by atoms with Gasteiger partial charge in [-0.2, -0.15) is 0 Å². The predicted molar refractivity (Wildman–Crippen MR) is 122 cm³/mol. The number of carbonyl (C=O) groups is 1. The monoisotopic (exact) mass is 456 g/mol. The molecule has 168 valence electrons. The number of nitrogens with one attached hydrogen (secondary N) is 1. The van der Waals surface area contributed by atoms with Crippen molar-refractivity contribution in [2.24, 2.45) is 0 Å². The van der Waals surface area contributed by atoms with Crippen molar-refractivity contribution in [2.75, 3.05) is 24.5 Å². The van der Waals surface area contributed by atoms with Crippen molar-refractivity contribution in [1.82, 2.24) is 5.32 Å². The van der Waals surface area contributed by atoms with Crippen molar-refractivity contribution in [3.8, 4) is 5.75 Å². The molecule has 1 amide bonds. The summed E-state index contributed by atoms with van der Waals surface area (Å²) in [7, 11) is -2.44. The molecule has 0 atom stereocenters. The Labute approximate surface area is 187 Å². The average molecular weight is 457 g/mol. The first-order chi connectivity index (χ1) is 15.4. The summed E-state index contributed by atoms with van der Waals surface area (Å²) >= 11 is 0. The Morgan fingerprint density at radius 3 is 2.25 bits per heavy atom. The number of halogens is 1. The van der Waals surface area contributed by atoms with Crippen LogP contribution in [0.3, 0.4) is 0 Å². The zero-order chi connectivity index (χ0) is 23.0. The van der Waals surface area contributed by atoms with E-state index in [0.717, 1.165) is 34.2 Å². The molecule has 0 heterocycles. The molecule has 6 nitrogen and oxygen atoms in total. The van der Waals surface area contributed by atoms with E-state index in [1.807, 2.05) is 24.3 Å². The second-order valence-electron chi connectivity index (χ2n) is 7.10. The van der Waals surface area contributed by atoms with E-state index in [2.05, 4.69) is 5.32 Å². The van der Waals surface area contributed by atoms with Gasteiger partial charge in [-0.1, -0.05) is 30.3 Å². The number of benzene rings is 3. The molecule has 0 aliphatic carbocycles. The maximum atomic E-state index is 13.3. The number of sulfonamides is 1. The number of ether oxygens (including phenoxy) is 1. The van der Waals surface area contributed by atoms with Gasteiger partial charge in [0.15, 0.2) is 0 Å². The first kappa shape index (κ1) is 23.3. The lowest BCUT2D eigenvalue weighted by Crippen LogP contribution is -2.41. The molecular formula is C24H25FN2O4S. The highest BCUT2D eigenvalue weighted by Crippen LogP contribution is 2.23. The molecule has 3 rings (SSSR count). The maximum Gasteiger partial charge on any atom is 0.264 e. The smallest absolute Gasteiger partial charge is 0.264 e. The van der Waals surface area contributed by atoms with Gasteiger partial charge in [0.25, 0.3) is 10.0 Å². The standard InChI is InChI=1S/C24H25FN2O4S/c1-31-22-13-9-19(10-14-22)6-5-17-26-24(28)18-27(21-7-3-2-4-8-21)32(29,30)23-15-11-20(25)12-16-23/h2-4,7-16H,5-6,17-18H2,1H3,(H,26,28). The van der Waals surface area contributed by atoms with Gasteiger partial charge in [0.2, 0.25) is 5.91 Å². The van der Waals surface area contributed by atoms with Crippen LogP contribution in [0.5, 0.6) is 5.75 Å². The van der Waals surface area contributed by atoms with Gasteiger partial charge in [0.05, 0.1) is 17.7 Å². The molecule has 32 heavy (non-hydrogen) atoms. The van der Waals surface area contributed by atoms with Crippen LogP contribution >= 0.6 is 0 Å². The fourth-order valence-corrected chi connectivity index (χ4v) is 4.56. The second kappa shape index (κ2) is 10.8. The Morgan fingerprint density at radius 2 is 1.62 bits per heavy atom. The Kier molecular flexibility index (Phi) is 7.83. The molecule has 0 aliphatic rings. The third kappa shape index (κ3) is 6.07. The number of rotatable bonds is 10. The van der Waals surface area contributed by atoms with Crippen LogP contribution < -0.4 is 14.4 Å². The zero-order valence-corrected chi connectivity index (χ0v) is 18.5. The van der Waals surface area contributed by atoms with Crippen molar-refractivity contribution in [3.63, 3.8) is 0 Å². The number of hydrogen-bond acceptors (Lipinski definition) is 4. The summed E-state index contributed by atoms with van der Waals surface area (Å²) in [5.74, 6) is -0.176. The summed E-state index contributed by atoms with van der Waals surface area (Å²) in [5.41, 5.74) is 1.47. The van der Waals surface area contributed by atoms with Gasteiger partial charge in [0.1, 0.15) is 18.1 Å². The molecule has 0 fully saturated rings. The summed E-state index contributed by atoms with van der Waals surface area (Å²) in [5, 5.41) is 2.78. The molecule has 0 saturated heterocycles. The number of para-hydroxylation sites is 1. The van der Waals surface area contributed by atoms with Gasteiger partial charge >= 0.3 is 0 Å². The van der Waals surface area contributed by atoms with Gasteiger partial charge in [-0.25, -0.2) is 12.8 Å². The molecule has 0 unspecified atom stereocenters. The fourth-order valence-electron chi connectivity index (χ4n) is 3.14. The minimum atomic E-state index is -4.05. The van der Waals surface area contributed by atoms with Crippen LogP contribution in [0.25, 0.3) is 0 Å². The van der Waals surface area contributed by atoms with E-state index in [1.54, 1.807) is 37.4 Å². The number of amides is 1. The summed E-state index contributed by atoms with van der Waals surface area (Å²) in [4.78, 5) is 12.5. The predicted octanol–water partition coefficient (Wildman–Crippen LogP) is 3.78. The molecule has 0 saturated carbocycles. The molecule has 3 aromatic carbocycles. The normalized spacial score (nSPS) is 11.1. The molecule has 8 heteroatoms. The van der Waals surface area contributed by atoms with E-state index in [-0.39, 0.29) is 11.4 Å². The van der Waals surface area contributed by atoms with Gasteiger partial charge in [0, 0.05) is 6.54 Å². The summed E-state index contributed by atoms with van der Waals surface area (Å²) < 4.78 is 45.7. The Balaban J connectivity index is 1.64. The number of aryl methyl sites for hydroxylation is 1. The second-order valence-corrected chi connectivity index (χ2v) is 8.97. The highest BCUT2D eigenvalue weighted by Gasteiger charge is 2.27. The number of nitrogens with zero attached hydrogens (tertiary/aromatic N) is 1. The highest BCUT2D eigenvalue weighted by atomic mass is 32.2. The maximum absolute atomic E-state index is 13.3. The fraction of sp³-hybridized carbons (Fsp3) is 0.208. The molecule has 0 bridgehead atoms. The van der Waals surface area contributed by atoms with Crippen molar-refractivity contribution in [1.29, 1.82) is 0 Å². The first-order valence-corrected chi connectivity index (χ1v) is 11.6. The number of anilines is 1. The van der Waals surface area contributed by atoms with Crippen LogP contribution in [0.2, 0.25) is 0 Å². The molecule has 0 aromatic heterocycles. The summed E-state index contributed by atoms with van der Waals surface area (Å²) in [6.45, 7) is 0.0242. The van der Waals surface area contributed by atoms with E-state index < -0.39 is 21.7 Å². The van der Waals surface area contributed by atoms with Gasteiger partial charge in [-0.15, -0.1) is 0 Å². The van der Waals surface area contributed by atoms with Gasteiger partial charge in [-0.3, -0.25) is 9.10 Å². The van der Waals surface area contributed by atoms with E-state index in [9.17, 15) is 17.6 Å². The molecule has 0 aliphatic heterocycles. The Hall–Kier alpha value is -3.39. The quantitative estimate of drug-likeness (QED) is 0.471. The number of methoxy groups -OCH3 is 1. The molecule has 3 aromatic rings. The lowest BCUT2D eigenvalue weighted by molar-refractivity contribution is -0.119. The largest absolute Gasteiger partial charge is 0.497 e.